The second-order valence-corrected chi connectivity index (χ2v) is 6.61. The molecular formula is C21H19ClN2O2. The van der Waals surface area contributed by atoms with E-state index in [1.54, 1.807) is 18.3 Å². The van der Waals surface area contributed by atoms with Gasteiger partial charge in [-0.1, -0.05) is 35.9 Å². The molecule has 132 valence electrons. The van der Waals surface area contributed by atoms with E-state index in [9.17, 15) is 9.59 Å². The van der Waals surface area contributed by atoms with Crippen LogP contribution in [0.5, 0.6) is 0 Å². The molecule has 5 heteroatoms. The van der Waals surface area contributed by atoms with Gasteiger partial charge in [0.25, 0.3) is 11.5 Å². The van der Waals surface area contributed by atoms with Gasteiger partial charge in [-0.05, 0) is 60.9 Å². The number of anilines is 1. The molecule has 0 radical (unpaired) electrons. The third-order valence-corrected chi connectivity index (χ3v) is 4.70. The van der Waals surface area contributed by atoms with Gasteiger partial charge in [0.05, 0.1) is 6.54 Å². The summed E-state index contributed by atoms with van der Waals surface area (Å²) in [7, 11) is 0. The third kappa shape index (κ3) is 3.86. The Kier molecular flexibility index (Phi) is 5.24. The molecule has 1 aromatic heterocycles. The van der Waals surface area contributed by atoms with Crippen LogP contribution in [-0.4, -0.2) is 10.5 Å². The minimum absolute atomic E-state index is 0.0952. The number of rotatable bonds is 4. The molecule has 3 rings (SSSR count). The minimum Gasteiger partial charge on any atom is -0.322 e. The van der Waals surface area contributed by atoms with Crippen LogP contribution < -0.4 is 10.9 Å². The number of aromatic nitrogens is 1. The van der Waals surface area contributed by atoms with Crippen molar-refractivity contribution < 1.29 is 4.79 Å². The van der Waals surface area contributed by atoms with Gasteiger partial charge in [0, 0.05) is 16.9 Å². The highest BCUT2D eigenvalue weighted by Gasteiger charge is 2.13. The monoisotopic (exact) mass is 366 g/mol. The number of aryl methyl sites for hydroxylation is 2. The van der Waals surface area contributed by atoms with Crippen molar-refractivity contribution in [2.24, 2.45) is 0 Å². The van der Waals surface area contributed by atoms with Gasteiger partial charge in [-0.3, -0.25) is 9.59 Å². The highest BCUT2D eigenvalue weighted by molar-refractivity contribution is 6.31. The summed E-state index contributed by atoms with van der Waals surface area (Å²) in [5.41, 5.74) is 3.45. The summed E-state index contributed by atoms with van der Waals surface area (Å²) >= 11 is 6.17. The van der Waals surface area contributed by atoms with Crippen LogP contribution in [0.1, 0.15) is 27.0 Å². The Balaban J connectivity index is 1.86. The van der Waals surface area contributed by atoms with Crippen LogP contribution in [0.15, 0.2) is 65.6 Å². The molecule has 4 nitrogen and oxygen atoms in total. The summed E-state index contributed by atoms with van der Waals surface area (Å²) in [5, 5.41) is 3.38. The Morgan fingerprint density at radius 3 is 2.54 bits per heavy atom. The SMILES string of the molecule is Cc1ccc(NC(=O)c2cccn(Cc3ccccc3Cl)c2=O)cc1C. The molecule has 0 atom stereocenters. The first-order valence-corrected chi connectivity index (χ1v) is 8.65. The number of carbonyl (C=O) groups excluding carboxylic acids is 1. The Morgan fingerprint density at radius 1 is 1.04 bits per heavy atom. The largest absolute Gasteiger partial charge is 0.322 e. The van der Waals surface area contributed by atoms with Gasteiger partial charge in [-0.15, -0.1) is 0 Å². The molecule has 0 fully saturated rings. The molecule has 0 aliphatic heterocycles. The molecular weight excluding hydrogens is 348 g/mol. The van der Waals surface area contributed by atoms with Gasteiger partial charge < -0.3 is 9.88 Å². The van der Waals surface area contributed by atoms with Crippen LogP contribution in [-0.2, 0) is 6.54 Å². The molecule has 0 aliphatic carbocycles. The predicted molar refractivity (Wildman–Crippen MR) is 105 cm³/mol. The molecule has 0 saturated carbocycles. The summed E-state index contributed by atoms with van der Waals surface area (Å²) < 4.78 is 1.48. The number of benzene rings is 2. The summed E-state index contributed by atoms with van der Waals surface area (Å²) in [6.07, 6.45) is 1.65. The smallest absolute Gasteiger partial charge is 0.263 e. The second kappa shape index (κ2) is 7.58. The van der Waals surface area contributed by atoms with Crippen molar-refractivity contribution in [1.82, 2.24) is 4.57 Å². The fourth-order valence-electron chi connectivity index (χ4n) is 2.66. The van der Waals surface area contributed by atoms with Crippen molar-refractivity contribution >= 4 is 23.2 Å². The van der Waals surface area contributed by atoms with Crippen LogP contribution in [0.4, 0.5) is 5.69 Å². The van der Waals surface area contributed by atoms with E-state index in [2.05, 4.69) is 5.32 Å². The summed E-state index contributed by atoms with van der Waals surface area (Å²) in [4.78, 5) is 25.2. The van der Waals surface area contributed by atoms with E-state index in [1.165, 1.54) is 10.6 Å². The van der Waals surface area contributed by atoms with E-state index in [4.69, 9.17) is 11.6 Å². The van der Waals surface area contributed by atoms with E-state index in [1.807, 2.05) is 50.2 Å². The van der Waals surface area contributed by atoms with Crippen molar-refractivity contribution in [3.05, 3.63) is 98.4 Å². The molecule has 2 aromatic carbocycles. The number of halogens is 1. The highest BCUT2D eigenvalue weighted by Crippen LogP contribution is 2.16. The molecule has 1 amide bonds. The quantitative estimate of drug-likeness (QED) is 0.743. The molecule has 0 spiro atoms. The van der Waals surface area contributed by atoms with E-state index >= 15 is 0 Å². The van der Waals surface area contributed by atoms with Gasteiger partial charge in [0.2, 0.25) is 0 Å². The van der Waals surface area contributed by atoms with E-state index in [-0.39, 0.29) is 11.1 Å². The summed E-state index contributed by atoms with van der Waals surface area (Å²) in [5.74, 6) is -0.424. The fourth-order valence-corrected chi connectivity index (χ4v) is 2.86. The molecule has 0 unspecified atom stereocenters. The Bertz CT molecular complexity index is 1020. The van der Waals surface area contributed by atoms with E-state index in [0.717, 1.165) is 16.7 Å². The Morgan fingerprint density at radius 2 is 1.81 bits per heavy atom. The van der Waals surface area contributed by atoms with Crippen molar-refractivity contribution in [2.75, 3.05) is 5.32 Å². The highest BCUT2D eigenvalue weighted by atomic mass is 35.5. The standard InChI is InChI=1S/C21H19ClN2O2/c1-14-9-10-17(12-15(14)2)23-20(25)18-7-5-11-24(21(18)26)13-16-6-3-4-8-19(16)22/h3-12H,13H2,1-2H3,(H,23,25). The molecule has 3 aromatic rings. The van der Waals surface area contributed by atoms with E-state index in [0.29, 0.717) is 17.3 Å². The van der Waals surface area contributed by atoms with Gasteiger partial charge in [-0.25, -0.2) is 0 Å². The number of nitrogens with one attached hydrogen (secondary N) is 1. The van der Waals surface area contributed by atoms with Gasteiger partial charge >= 0.3 is 0 Å². The molecule has 0 bridgehead atoms. The molecule has 1 heterocycles. The predicted octanol–water partition coefficient (Wildman–Crippen LogP) is 4.42. The number of pyridine rings is 1. The van der Waals surface area contributed by atoms with E-state index < -0.39 is 5.91 Å². The van der Waals surface area contributed by atoms with Crippen LogP contribution in [0.3, 0.4) is 0 Å². The first-order chi connectivity index (χ1) is 12.5. The number of nitrogens with zero attached hydrogens (tertiary/aromatic N) is 1. The van der Waals surface area contributed by atoms with Gasteiger partial charge in [-0.2, -0.15) is 0 Å². The normalized spacial score (nSPS) is 10.6. The number of hydrogen-bond donors (Lipinski definition) is 1. The zero-order valence-electron chi connectivity index (χ0n) is 14.6. The number of amides is 1. The number of hydrogen-bond acceptors (Lipinski definition) is 2. The van der Waals surface area contributed by atoms with Gasteiger partial charge in [0.15, 0.2) is 0 Å². The molecule has 0 aliphatic rings. The van der Waals surface area contributed by atoms with Crippen molar-refractivity contribution in [1.29, 1.82) is 0 Å². The lowest BCUT2D eigenvalue weighted by molar-refractivity contribution is 0.102. The minimum atomic E-state index is -0.424. The summed E-state index contributed by atoms with van der Waals surface area (Å²) in [6.45, 7) is 4.29. The molecule has 0 saturated heterocycles. The van der Waals surface area contributed by atoms with Crippen molar-refractivity contribution in [3.63, 3.8) is 0 Å². The Labute approximate surface area is 157 Å². The topological polar surface area (TPSA) is 51.1 Å². The fraction of sp³-hybridized carbons (Fsp3) is 0.143. The average molecular weight is 367 g/mol. The van der Waals surface area contributed by atoms with Crippen molar-refractivity contribution in [3.8, 4) is 0 Å². The van der Waals surface area contributed by atoms with Crippen LogP contribution in [0.25, 0.3) is 0 Å². The average Bonchev–Trinajstić information content (AvgIpc) is 2.61. The first kappa shape index (κ1) is 18.0. The Hall–Kier alpha value is -2.85. The lowest BCUT2D eigenvalue weighted by Crippen LogP contribution is -2.29. The molecule has 1 N–H and O–H groups in total. The maximum atomic E-state index is 12.7. The van der Waals surface area contributed by atoms with Gasteiger partial charge in [0.1, 0.15) is 5.56 Å². The zero-order chi connectivity index (χ0) is 18.7. The molecule has 26 heavy (non-hydrogen) atoms. The second-order valence-electron chi connectivity index (χ2n) is 6.20. The van der Waals surface area contributed by atoms with Crippen molar-refractivity contribution in [2.45, 2.75) is 20.4 Å². The first-order valence-electron chi connectivity index (χ1n) is 8.27. The maximum Gasteiger partial charge on any atom is 0.263 e. The number of carbonyl (C=O) groups is 1. The third-order valence-electron chi connectivity index (χ3n) is 4.33. The summed E-state index contributed by atoms with van der Waals surface area (Å²) in [6, 6.07) is 16.2. The van der Waals surface area contributed by atoms with Crippen LogP contribution in [0, 0.1) is 13.8 Å². The van der Waals surface area contributed by atoms with Crippen LogP contribution in [0.2, 0.25) is 5.02 Å². The zero-order valence-corrected chi connectivity index (χ0v) is 15.4. The maximum absolute atomic E-state index is 12.7. The lowest BCUT2D eigenvalue weighted by Gasteiger charge is -2.10. The van der Waals surface area contributed by atoms with Crippen LogP contribution >= 0.6 is 11.6 Å². The lowest BCUT2D eigenvalue weighted by atomic mass is 10.1.